The van der Waals surface area contributed by atoms with Crippen LogP contribution in [0.2, 0.25) is 0 Å². The molecule has 5 nitrogen and oxygen atoms in total. The number of hydrogen-bond acceptors (Lipinski definition) is 3. The third-order valence-electron chi connectivity index (χ3n) is 3.72. The van der Waals surface area contributed by atoms with E-state index in [9.17, 15) is 14.7 Å². The van der Waals surface area contributed by atoms with Gasteiger partial charge >= 0.3 is 5.97 Å². The molecule has 108 valence electrons. The standard InChI is InChI=1S/C15H20N2O3/c1-10-6-5-9-16-12(10)14(18)17-13(15(19)20)11-7-3-2-4-8-11/h2-4,7-8,10,12-13,16H,5-6,9H2,1H3,(H,17,18)(H,19,20)/t10?,12?,13-/m0/s1. The SMILES string of the molecule is CC1CCCNC1C(=O)N[C@H](C(=O)O)c1ccccc1. The summed E-state index contributed by atoms with van der Waals surface area (Å²) in [5.74, 6) is -1.07. The van der Waals surface area contributed by atoms with Crippen molar-refractivity contribution in [3.05, 3.63) is 35.9 Å². The van der Waals surface area contributed by atoms with Gasteiger partial charge in [0.05, 0.1) is 6.04 Å². The number of carboxylic acids is 1. The number of nitrogens with one attached hydrogen (secondary N) is 2. The van der Waals surface area contributed by atoms with Gasteiger partial charge in [-0.05, 0) is 30.9 Å². The molecule has 5 heteroatoms. The smallest absolute Gasteiger partial charge is 0.330 e. The number of piperidine rings is 1. The van der Waals surface area contributed by atoms with Crippen molar-refractivity contribution in [3.63, 3.8) is 0 Å². The van der Waals surface area contributed by atoms with E-state index in [0.717, 1.165) is 19.4 Å². The van der Waals surface area contributed by atoms with Crippen LogP contribution in [-0.4, -0.2) is 29.6 Å². The Morgan fingerprint density at radius 2 is 2.05 bits per heavy atom. The first-order valence-electron chi connectivity index (χ1n) is 6.91. The average molecular weight is 276 g/mol. The molecule has 20 heavy (non-hydrogen) atoms. The Morgan fingerprint density at radius 1 is 1.35 bits per heavy atom. The van der Waals surface area contributed by atoms with E-state index in [0.29, 0.717) is 5.56 Å². The molecule has 0 radical (unpaired) electrons. The van der Waals surface area contributed by atoms with Gasteiger partial charge in [0.1, 0.15) is 0 Å². The van der Waals surface area contributed by atoms with E-state index in [4.69, 9.17) is 0 Å². The Kier molecular flexibility index (Phi) is 4.74. The maximum atomic E-state index is 12.3. The molecule has 0 bridgehead atoms. The zero-order valence-corrected chi connectivity index (χ0v) is 11.5. The summed E-state index contributed by atoms with van der Waals surface area (Å²) in [7, 11) is 0. The summed E-state index contributed by atoms with van der Waals surface area (Å²) in [6.45, 7) is 2.81. The van der Waals surface area contributed by atoms with Crippen LogP contribution >= 0.6 is 0 Å². The molecule has 1 amide bonds. The third kappa shape index (κ3) is 3.36. The molecule has 0 aliphatic carbocycles. The first-order valence-corrected chi connectivity index (χ1v) is 6.91. The Morgan fingerprint density at radius 3 is 2.65 bits per heavy atom. The minimum absolute atomic E-state index is 0.217. The maximum Gasteiger partial charge on any atom is 0.330 e. The minimum atomic E-state index is -1.05. The van der Waals surface area contributed by atoms with E-state index in [1.54, 1.807) is 24.3 Å². The molecule has 3 N–H and O–H groups in total. The highest BCUT2D eigenvalue weighted by molar-refractivity contribution is 5.87. The van der Waals surface area contributed by atoms with Crippen LogP contribution in [0.3, 0.4) is 0 Å². The fourth-order valence-corrected chi connectivity index (χ4v) is 2.57. The number of carboxylic acid groups (broad SMARTS) is 1. The molecule has 1 fully saturated rings. The predicted octanol–water partition coefficient (Wildman–Crippen LogP) is 1.32. The molecule has 3 atom stereocenters. The number of rotatable bonds is 4. The molecule has 0 saturated carbocycles. The van der Waals surface area contributed by atoms with Crippen molar-refractivity contribution in [2.24, 2.45) is 5.92 Å². The Bertz CT molecular complexity index is 475. The van der Waals surface area contributed by atoms with Crippen molar-refractivity contribution in [2.45, 2.75) is 31.8 Å². The van der Waals surface area contributed by atoms with Crippen molar-refractivity contribution in [2.75, 3.05) is 6.54 Å². The van der Waals surface area contributed by atoms with Gasteiger partial charge in [-0.25, -0.2) is 4.79 Å². The average Bonchev–Trinajstić information content (AvgIpc) is 2.45. The molecule has 0 spiro atoms. The normalized spacial score (nSPS) is 23.9. The Hall–Kier alpha value is -1.88. The van der Waals surface area contributed by atoms with E-state index < -0.39 is 12.0 Å². The number of carbonyl (C=O) groups is 2. The lowest BCUT2D eigenvalue weighted by Gasteiger charge is -2.30. The number of benzene rings is 1. The van der Waals surface area contributed by atoms with Crippen LogP contribution in [0.1, 0.15) is 31.4 Å². The summed E-state index contributed by atoms with van der Waals surface area (Å²) < 4.78 is 0. The molecule has 1 aromatic carbocycles. The topological polar surface area (TPSA) is 78.4 Å². The van der Waals surface area contributed by atoms with Gasteiger partial charge in [-0.2, -0.15) is 0 Å². The Balaban J connectivity index is 2.08. The van der Waals surface area contributed by atoms with Gasteiger partial charge in [0.25, 0.3) is 0 Å². The summed E-state index contributed by atoms with van der Waals surface area (Å²) >= 11 is 0. The fraction of sp³-hybridized carbons (Fsp3) is 0.467. The number of carbonyl (C=O) groups excluding carboxylic acids is 1. The molecule has 1 aromatic rings. The van der Waals surface area contributed by atoms with Gasteiger partial charge in [0.2, 0.25) is 5.91 Å². The van der Waals surface area contributed by atoms with Gasteiger partial charge in [-0.3, -0.25) is 4.79 Å². The van der Waals surface area contributed by atoms with Crippen molar-refractivity contribution in [1.82, 2.24) is 10.6 Å². The quantitative estimate of drug-likeness (QED) is 0.775. The zero-order valence-electron chi connectivity index (χ0n) is 11.5. The number of amides is 1. The van der Waals surface area contributed by atoms with Gasteiger partial charge in [0, 0.05) is 0 Å². The molecule has 2 unspecified atom stereocenters. The second-order valence-electron chi connectivity index (χ2n) is 5.24. The lowest BCUT2D eigenvalue weighted by atomic mass is 9.92. The van der Waals surface area contributed by atoms with Gasteiger partial charge in [-0.15, -0.1) is 0 Å². The van der Waals surface area contributed by atoms with Crippen LogP contribution in [0.25, 0.3) is 0 Å². The first kappa shape index (κ1) is 14.5. The van der Waals surface area contributed by atoms with Gasteiger partial charge in [0.15, 0.2) is 6.04 Å². The second-order valence-corrected chi connectivity index (χ2v) is 5.24. The third-order valence-corrected chi connectivity index (χ3v) is 3.72. The van der Waals surface area contributed by atoms with E-state index >= 15 is 0 Å². The second kappa shape index (κ2) is 6.52. The number of aliphatic carboxylic acids is 1. The van der Waals surface area contributed by atoms with E-state index in [1.165, 1.54) is 0 Å². The zero-order chi connectivity index (χ0) is 14.5. The fourth-order valence-electron chi connectivity index (χ4n) is 2.57. The molecular weight excluding hydrogens is 256 g/mol. The summed E-state index contributed by atoms with van der Waals surface area (Å²) in [5.41, 5.74) is 0.580. The molecule has 1 heterocycles. The lowest BCUT2D eigenvalue weighted by Crippen LogP contribution is -2.52. The molecular formula is C15H20N2O3. The summed E-state index contributed by atoms with van der Waals surface area (Å²) in [5, 5.41) is 15.1. The number of hydrogen-bond donors (Lipinski definition) is 3. The van der Waals surface area contributed by atoms with Crippen LogP contribution < -0.4 is 10.6 Å². The molecule has 1 saturated heterocycles. The predicted molar refractivity (Wildman–Crippen MR) is 75.2 cm³/mol. The molecule has 1 aliphatic heterocycles. The monoisotopic (exact) mass is 276 g/mol. The highest BCUT2D eigenvalue weighted by atomic mass is 16.4. The maximum absolute atomic E-state index is 12.3. The van der Waals surface area contributed by atoms with Gasteiger partial charge < -0.3 is 15.7 Å². The molecule has 1 aliphatic rings. The van der Waals surface area contributed by atoms with Crippen molar-refractivity contribution in [3.8, 4) is 0 Å². The summed E-state index contributed by atoms with van der Waals surface area (Å²) in [6.07, 6.45) is 2.03. The minimum Gasteiger partial charge on any atom is -0.479 e. The van der Waals surface area contributed by atoms with Gasteiger partial charge in [-0.1, -0.05) is 37.3 Å². The van der Waals surface area contributed by atoms with E-state index in [1.807, 2.05) is 13.0 Å². The van der Waals surface area contributed by atoms with Crippen LogP contribution in [0, 0.1) is 5.92 Å². The van der Waals surface area contributed by atoms with Crippen LogP contribution in [-0.2, 0) is 9.59 Å². The highest BCUT2D eigenvalue weighted by Crippen LogP contribution is 2.18. The first-order chi connectivity index (χ1) is 9.59. The Labute approximate surface area is 118 Å². The van der Waals surface area contributed by atoms with Crippen LogP contribution in [0.5, 0.6) is 0 Å². The molecule has 0 aromatic heterocycles. The van der Waals surface area contributed by atoms with Crippen molar-refractivity contribution in [1.29, 1.82) is 0 Å². The van der Waals surface area contributed by atoms with Crippen molar-refractivity contribution < 1.29 is 14.7 Å². The van der Waals surface area contributed by atoms with Crippen LogP contribution in [0.15, 0.2) is 30.3 Å². The lowest BCUT2D eigenvalue weighted by molar-refractivity contribution is -0.142. The van der Waals surface area contributed by atoms with Crippen LogP contribution in [0.4, 0.5) is 0 Å². The molecule has 2 rings (SSSR count). The summed E-state index contributed by atoms with van der Waals surface area (Å²) in [4.78, 5) is 23.6. The largest absolute Gasteiger partial charge is 0.479 e. The van der Waals surface area contributed by atoms with Crippen molar-refractivity contribution >= 4 is 11.9 Å². The summed E-state index contributed by atoms with van der Waals surface area (Å²) in [6, 6.07) is 7.44. The van der Waals surface area contributed by atoms with E-state index in [-0.39, 0.29) is 17.9 Å². The highest BCUT2D eigenvalue weighted by Gasteiger charge is 2.31. The van der Waals surface area contributed by atoms with E-state index in [2.05, 4.69) is 10.6 Å².